The summed E-state index contributed by atoms with van der Waals surface area (Å²) in [6, 6.07) is 12.0. The van der Waals surface area contributed by atoms with Crippen molar-refractivity contribution in [2.75, 3.05) is 4.72 Å². The van der Waals surface area contributed by atoms with E-state index in [0.29, 0.717) is 16.8 Å². The minimum absolute atomic E-state index is 0.0225. The van der Waals surface area contributed by atoms with Gasteiger partial charge < -0.3 is 4.42 Å². The summed E-state index contributed by atoms with van der Waals surface area (Å²) >= 11 is 0. The van der Waals surface area contributed by atoms with Gasteiger partial charge in [-0.2, -0.15) is 0 Å². The first kappa shape index (κ1) is 15.6. The van der Waals surface area contributed by atoms with Gasteiger partial charge in [0.25, 0.3) is 10.0 Å². The molecule has 0 unspecified atom stereocenters. The predicted octanol–water partition coefficient (Wildman–Crippen LogP) is 3.93. The number of nitrogens with one attached hydrogen (secondary N) is 1. The number of hydrogen-bond acceptors (Lipinski definition) is 4. The standard InChI is InChI=1S/C17H18N2O3S/c1-17(2,3)12-4-6-13(7-5-12)19-23(20,21)14-8-9-15-16(10-14)22-11-18-15/h4-11,19H,1-3H3. The molecule has 0 saturated heterocycles. The normalized spacial score (nSPS) is 12.5. The number of sulfonamides is 1. The number of nitrogens with zero attached hydrogens (tertiary/aromatic N) is 1. The molecule has 0 aliphatic heterocycles. The van der Waals surface area contributed by atoms with Crippen LogP contribution < -0.4 is 4.72 Å². The Labute approximate surface area is 135 Å². The van der Waals surface area contributed by atoms with Crippen molar-refractivity contribution in [1.29, 1.82) is 0 Å². The number of fused-ring (bicyclic) bond motifs is 1. The third-order valence-electron chi connectivity index (χ3n) is 3.62. The molecule has 1 N–H and O–H groups in total. The van der Waals surface area contributed by atoms with Crippen LogP contribution in [0.25, 0.3) is 11.1 Å². The zero-order chi connectivity index (χ0) is 16.7. The smallest absolute Gasteiger partial charge is 0.262 e. The van der Waals surface area contributed by atoms with E-state index in [9.17, 15) is 8.42 Å². The van der Waals surface area contributed by atoms with Crippen molar-refractivity contribution in [1.82, 2.24) is 4.98 Å². The molecule has 0 aliphatic rings. The van der Waals surface area contributed by atoms with Crippen LogP contribution in [0.3, 0.4) is 0 Å². The van der Waals surface area contributed by atoms with Crippen molar-refractivity contribution in [3.63, 3.8) is 0 Å². The van der Waals surface area contributed by atoms with E-state index in [2.05, 4.69) is 30.5 Å². The molecule has 0 spiro atoms. The summed E-state index contributed by atoms with van der Waals surface area (Å²) in [6.07, 6.45) is 1.29. The van der Waals surface area contributed by atoms with Gasteiger partial charge in [-0.05, 0) is 35.2 Å². The summed E-state index contributed by atoms with van der Waals surface area (Å²) in [7, 11) is -3.67. The summed E-state index contributed by atoms with van der Waals surface area (Å²) in [4.78, 5) is 4.12. The van der Waals surface area contributed by atoms with Crippen molar-refractivity contribution < 1.29 is 12.8 Å². The Hall–Kier alpha value is -2.34. The lowest BCUT2D eigenvalue weighted by Gasteiger charge is -2.19. The van der Waals surface area contributed by atoms with E-state index in [1.807, 2.05) is 12.1 Å². The highest BCUT2D eigenvalue weighted by Gasteiger charge is 2.17. The molecular weight excluding hydrogens is 312 g/mol. The first-order valence-corrected chi connectivity index (χ1v) is 8.71. The molecule has 3 rings (SSSR count). The van der Waals surface area contributed by atoms with E-state index < -0.39 is 10.0 Å². The summed E-state index contributed by atoms with van der Waals surface area (Å²) in [5, 5.41) is 0. The average Bonchev–Trinajstić information content (AvgIpc) is 2.93. The summed E-state index contributed by atoms with van der Waals surface area (Å²) < 4.78 is 32.7. The fourth-order valence-electron chi connectivity index (χ4n) is 2.25. The molecule has 1 heterocycles. The Morgan fingerprint density at radius 2 is 1.74 bits per heavy atom. The van der Waals surface area contributed by atoms with Crippen molar-refractivity contribution in [3.8, 4) is 0 Å². The fraction of sp³-hybridized carbons (Fsp3) is 0.235. The Morgan fingerprint density at radius 3 is 2.39 bits per heavy atom. The van der Waals surface area contributed by atoms with Crippen LogP contribution in [-0.4, -0.2) is 13.4 Å². The summed E-state index contributed by atoms with van der Waals surface area (Å²) in [5.74, 6) is 0. The molecule has 0 radical (unpaired) electrons. The minimum atomic E-state index is -3.67. The predicted molar refractivity (Wildman–Crippen MR) is 90.0 cm³/mol. The quantitative estimate of drug-likeness (QED) is 0.790. The SMILES string of the molecule is CC(C)(C)c1ccc(NS(=O)(=O)c2ccc3ncoc3c2)cc1. The van der Waals surface area contributed by atoms with Gasteiger partial charge in [0.2, 0.25) is 0 Å². The van der Waals surface area contributed by atoms with E-state index >= 15 is 0 Å². The van der Waals surface area contributed by atoms with E-state index in [1.54, 1.807) is 18.2 Å². The molecule has 0 saturated carbocycles. The molecule has 0 fully saturated rings. The van der Waals surface area contributed by atoms with Gasteiger partial charge in [-0.3, -0.25) is 4.72 Å². The second kappa shape index (κ2) is 5.38. The molecule has 23 heavy (non-hydrogen) atoms. The highest BCUT2D eigenvalue weighted by Crippen LogP contribution is 2.25. The lowest BCUT2D eigenvalue weighted by Crippen LogP contribution is -2.14. The van der Waals surface area contributed by atoms with Crippen LogP contribution >= 0.6 is 0 Å². The van der Waals surface area contributed by atoms with Gasteiger partial charge in [0, 0.05) is 11.8 Å². The van der Waals surface area contributed by atoms with Gasteiger partial charge in [-0.1, -0.05) is 32.9 Å². The van der Waals surface area contributed by atoms with E-state index in [-0.39, 0.29) is 10.3 Å². The van der Waals surface area contributed by atoms with Gasteiger partial charge >= 0.3 is 0 Å². The number of benzene rings is 2. The highest BCUT2D eigenvalue weighted by molar-refractivity contribution is 7.92. The number of rotatable bonds is 3. The third kappa shape index (κ3) is 3.22. The van der Waals surface area contributed by atoms with Crippen molar-refractivity contribution in [2.45, 2.75) is 31.1 Å². The van der Waals surface area contributed by atoms with Crippen LogP contribution in [0.2, 0.25) is 0 Å². The Morgan fingerprint density at radius 1 is 1.04 bits per heavy atom. The van der Waals surface area contributed by atoms with Gasteiger partial charge in [-0.25, -0.2) is 13.4 Å². The lowest BCUT2D eigenvalue weighted by atomic mass is 9.87. The Kier molecular flexibility index (Phi) is 3.64. The zero-order valence-corrected chi connectivity index (χ0v) is 14.0. The van der Waals surface area contributed by atoms with Crippen molar-refractivity contribution in [3.05, 3.63) is 54.4 Å². The summed E-state index contributed by atoms with van der Waals surface area (Å²) in [5.41, 5.74) is 2.75. The monoisotopic (exact) mass is 330 g/mol. The summed E-state index contributed by atoms with van der Waals surface area (Å²) in [6.45, 7) is 6.33. The molecule has 0 aliphatic carbocycles. The largest absolute Gasteiger partial charge is 0.443 e. The topological polar surface area (TPSA) is 72.2 Å². The van der Waals surface area contributed by atoms with Crippen LogP contribution in [0, 0.1) is 0 Å². The third-order valence-corrected chi connectivity index (χ3v) is 5.00. The molecule has 0 amide bonds. The molecular formula is C17H18N2O3S. The zero-order valence-electron chi connectivity index (χ0n) is 13.2. The van der Waals surface area contributed by atoms with Crippen LogP contribution in [0.15, 0.2) is 58.2 Å². The molecule has 0 bridgehead atoms. The number of anilines is 1. The molecule has 120 valence electrons. The molecule has 3 aromatic rings. The van der Waals surface area contributed by atoms with Crippen molar-refractivity contribution >= 4 is 26.8 Å². The van der Waals surface area contributed by atoms with Crippen LogP contribution in [0.1, 0.15) is 26.3 Å². The van der Waals surface area contributed by atoms with E-state index in [1.165, 1.54) is 18.5 Å². The minimum Gasteiger partial charge on any atom is -0.443 e. The van der Waals surface area contributed by atoms with Crippen molar-refractivity contribution in [2.24, 2.45) is 0 Å². The van der Waals surface area contributed by atoms with E-state index in [0.717, 1.165) is 5.56 Å². The fourth-order valence-corrected chi connectivity index (χ4v) is 3.33. The molecule has 2 aromatic carbocycles. The average molecular weight is 330 g/mol. The number of oxazole rings is 1. The second-order valence-corrected chi connectivity index (χ2v) is 8.10. The molecule has 5 nitrogen and oxygen atoms in total. The van der Waals surface area contributed by atoms with Gasteiger partial charge in [-0.15, -0.1) is 0 Å². The lowest BCUT2D eigenvalue weighted by molar-refractivity contribution is 0.590. The molecule has 1 aromatic heterocycles. The first-order chi connectivity index (χ1) is 10.8. The Balaban J connectivity index is 1.88. The van der Waals surface area contributed by atoms with Gasteiger partial charge in [0.15, 0.2) is 12.0 Å². The van der Waals surface area contributed by atoms with Gasteiger partial charge in [0.1, 0.15) is 5.52 Å². The number of aromatic nitrogens is 1. The highest BCUT2D eigenvalue weighted by atomic mass is 32.2. The van der Waals surface area contributed by atoms with Crippen LogP contribution in [-0.2, 0) is 15.4 Å². The maximum Gasteiger partial charge on any atom is 0.262 e. The van der Waals surface area contributed by atoms with Crippen LogP contribution in [0.5, 0.6) is 0 Å². The van der Waals surface area contributed by atoms with E-state index in [4.69, 9.17) is 4.42 Å². The maximum atomic E-state index is 12.5. The maximum absolute atomic E-state index is 12.5. The molecule has 6 heteroatoms. The second-order valence-electron chi connectivity index (χ2n) is 6.41. The van der Waals surface area contributed by atoms with Crippen LogP contribution in [0.4, 0.5) is 5.69 Å². The first-order valence-electron chi connectivity index (χ1n) is 7.22. The Bertz CT molecular complexity index is 936. The number of hydrogen-bond donors (Lipinski definition) is 1. The van der Waals surface area contributed by atoms with Gasteiger partial charge in [0.05, 0.1) is 4.90 Å². The molecule has 0 atom stereocenters.